The summed E-state index contributed by atoms with van der Waals surface area (Å²) in [7, 11) is 0. The molecule has 0 spiro atoms. The zero-order valence-corrected chi connectivity index (χ0v) is 56.2. The van der Waals surface area contributed by atoms with Gasteiger partial charge in [0, 0.05) is 72.7 Å². The van der Waals surface area contributed by atoms with Crippen molar-refractivity contribution in [1.29, 1.82) is 0 Å². The van der Waals surface area contributed by atoms with Crippen molar-refractivity contribution in [2.24, 2.45) is 46.6 Å². The summed E-state index contributed by atoms with van der Waals surface area (Å²) in [5, 5.41) is 40.4. The number of H-pyrrole nitrogens is 4. The van der Waals surface area contributed by atoms with E-state index in [1.54, 1.807) is 55.4 Å². The van der Waals surface area contributed by atoms with Crippen molar-refractivity contribution in [2.75, 3.05) is 26.3 Å². The van der Waals surface area contributed by atoms with Crippen molar-refractivity contribution < 1.29 is 103 Å². The minimum Gasteiger partial charge on any atom is -0.458 e. The second-order valence-electron chi connectivity index (χ2n) is 25.3. The van der Waals surface area contributed by atoms with Gasteiger partial charge in [-0.1, -0.05) is 55.4 Å². The smallest absolute Gasteiger partial charge is 0.330 e. The standard InChI is InChI=1S/4C15H22FN3O6/c4*1-7(2)10(17)13(22)24-6-15(16)4-9(20)12(25-15)19-5-8(3)11(21)18-14(19)23/h4*5,7,9-10,12,20H,4,6,17H2,1-3H3,(H,18,21,23)/t4*9-,10+,12-,15+/m1111/s1/i6D2,12D;12D;6D2;. The van der Waals surface area contributed by atoms with Crippen molar-refractivity contribution >= 4 is 23.9 Å². The molecule has 8 rings (SSSR count). The number of ether oxygens (including phenoxy) is 8. The van der Waals surface area contributed by atoms with E-state index in [9.17, 15) is 86.7 Å². The molecule has 40 heteroatoms. The number of nitrogens with one attached hydrogen (secondary N) is 4. The van der Waals surface area contributed by atoms with Crippen LogP contribution in [0, 0.1) is 51.4 Å². The van der Waals surface area contributed by atoms with Gasteiger partial charge < -0.3 is 81.3 Å². The maximum Gasteiger partial charge on any atom is 0.330 e. The number of nitrogens with zero attached hydrogens (tertiary/aromatic N) is 4. The van der Waals surface area contributed by atoms with Gasteiger partial charge in [-0.3, -0.25) is 76.6 Å². The number of halogens is 4. The number of hydrogen-bond donors (Lipinski definition) is 12. The van der Waals surface area contributed by atoms with Crippen molar-refractivity contribution in [3.05, 3.63) is 130 Å². The summed E-state index contributed by atoms with van der Waals surface area (Å²) in [6.45, 7) is 10.3. The molecule has 4 aromatic rings. The van der Waals surface area contributed by atoms with E-state index in [-0.39, 0.29) is 40.0 Å². The number of aliphatic hydroxyl groups is 4. The summed E-state index contributed by atoms with van der Waals surface area (Å²) in [6.07, 6.45) is -14.3. The van der Waals surface area contributed by atoms with Crippen LogP contribution in [-0.4, -0.2) is 181 Å². The number of aromatic nitrogens is 8. The molecule has 0 aliphatic carbocycles. The predicted octanol–water partition coefficient (Wildman–Crippen LogP) is -2.73. The quantitative estimate of drug-likeness (QED) is 0.0243. The number of rotatable bonds is 20. The Morgan fingerprint density at radius 3 is 1.00 bits per heavy atom. The number of hydrogen-bond acceptors (Lipinski definition) is 28. The highest BCUT2D eigenvalue weighted by Crippen LogP contribution is 2.41. The molecule has 0 bridgehead atoms. The lowest BCUT2D eigenvalue weighted by molar-refractivity contribution is -0.196. The molecule has 0 saturated carbocycles. The molecular weight excluding hydrogens is 1350 g/mol. The molecule has 16 atom stereocenters. The summed E-state index contributed by atoms with van der Waals surface area (Å²) < 4.78 is 149. The van der Waals surface area contributed by atoms with E-state index in [4.69, 9.17) is 59.6 Å². The molecule has 560 valence electrons. The first-order valence-corrected chi connectivity index (χ1v) is 30.7. The van der Waals surface area contributed by atoms with Crippen LogP contribution in [0.5, 0.6) is 0 Å². The number of nitrogens with two attached hydrogens (primary N) is 4. The number of carbonyl (C=O) groups is 4. The molecule has 4 saturated heterocycles. The molecule has 8 heterocycles. The van der Waals surface area contributed by atoms with Crippen molar-refractivity contribution in [3.63, 3.8) is 0 Å². The number of esters is 4. The highest BCUT2D eigenvalue weighted by atomic mass is 19.2. The van der Waals surface area contributed by atoms with E-state index in [1.807, 2.05) is 19.9 Å². The lowest BCUT2D eigenvalue weighted by Gasteiger charge is -2.22. The van der Waals surface area contributed by atoms with Crippen LogP contribution < -0.4 is 67.9 Å². The fraction of sp³-hybridized carbons (Fsp3) is 0.667. The monoisotopic (exact) mass is 1440 g/mol. The Morgan fingerprint density at radius 2 is 0.680 bits per heavy atom. The van der Waals surface area contributed by atoms with Gasteiger partial charge in [0.15, 0.2) is 51.2 Å². The van der Waals surface area contributed by atoms with Gasteiger partial charge in [0.05, 0.1) is 8.22 Å². The Bertz CT molecular complexity index is 4390. The van der Waals surface area contributed by atoms with Crippen LogP contribution in [0.15, 0.2) is 63.1 Å². The molecule has 0 aromatic carbocycles. The molecule has 4 aromatic heterocycles. The van der Waals surface area contributed by atoms with Gasteiger partial charge >= 0.3 is 46.6 Å². The van der Waals surface area contributed by atoms with Gasteiger partial charge in [0.25, 0.3) is 22.2 Å². The largest absolute Gasteiger partial charge is 0.458 e. The molecular formula is C60H88F4N12O24. The first-order valence-electron chi connectivity index (χ1n) is 33.7. The lowest BCUT2D eigenvalue weighted by atomic mass is 10.1. The van der Waals surface area contributed by atoms with E-state index >= 15 is 8.78 Å². The Kier molecular flexibility index (Phi) is 24.5. The normalized spacial score (nSPS) is 30.1. The Balaban J connectivity index is 0.000000254. The third-order valence-corrected chi connectivity index (χ3v) is 15.3. The zero-order chi connectivity index (χ0) is 81.2. The maximum absolute atomic E-state index is 15.3. The summed E-state index contributed by atoms with van der Waals surface area (Å²) in [5.41, 5.74) is 16.0. The molecule has 0 unspecified atom stereocenters. The number of aliphatic hydroxyl groups excluding tert-OH is 4. The fourth-order valence-corrected chi connectivity index (χ4v) is 8.98. The molecule has 0 radical (unpaired) electrons. The van der Waals surface area contributed by atoms with Crippen molar-refractivity contribution in [1.82, 2.24) is 38.2 Å². The molecule has 4 aliphatic rings. The molecule has 0 amide bonds. The second-order valence-corrected chi connectivity index (χ2v) is 25.3. The van der Waals surface area contributed by atoms with Crippen LogP contribution >= 0.6 is 0 Å². The third-order valence-electron chi connectivity index (χ3n) is 15.3. The molecule has 36 nitrogen and oxygen atoms in total. The number of aromatic amines is 4. The summed E-state index contributed by atoms with van der Waals surface area (Å²) in [6, 6.07) is -4.30. The molecule has 4 fully saturated rings. The van der Waals surface area contributed by atoms with Gasteiger partial charge in [0.1, 0.15) is 48.6 Å². The lowest BCUT2D eigenvalue weighted by Crippen LogP contribution is -2.40. The van der Waals surface area contributed by atoms with Gasteiger partial charge in [-0.25, -0.2) is 36.7 Å². The second kappa shape index (κ2) is 33.5. The van der Waals surface area contributed by atoms with Crippen LogP contribution in [0.4, 0.5) is 17.6 Å². The predicted molar refractivity (Wildman–Crippen MR) is 338 cm³/mol. The highest BCUT2D eigenvalue weighted by Gasteiger charge is 2.53. The number of alkyl halides is 4. The summed E-state index contributed by atoms with van der Waals surface area (Å²) in [5.74, 6) is -17.2. The SMILES string of the molecule is Cc1cn([C@@H]2O[C@](F)(COC(=O)[C@@H](N)C(C)C)C[C@H]2O)c(=O)[nH]c1=O.[2H]C([2H])(OC(=O)[C@@H](N)C(C)C)[C@]1(F)C[C@@H](O)[C@H](n2cc(C)c(=O)[nH]c2=O)O1.[2H]C([2H])(OC(=O)[C@@H](N)C(C)C)[C@]1(F)C[C@@H](O)[C@]([2H])(n2cc(C)c(=O)[nH]c2=O)O1.[2H][C@@]1(n2cc(C)c(=O)[nH]c2=O)O[C@](F)(COC(=O)[C@@H](N)C(C)C)C[C@H]1O. The van der Waals surface area contributed by atoms with Gasteiger partial charge in [-0.05, 0) is 51.4 Å². The third kappa shape index (κ3) is 21.0. The average Bonchev–Trinajstić information content (AvgIpc) is 1.58. The van der Waals surface area contributed by atoms with Gasteiger partial charge in [-0.2, -0.15) is 0 Å². The number of aryl methyl sites for hydroxylation is 4. The van der Waals surface area contributed by atoms with Crippen LogP contribution in [0.2, 0.25) is 0 Å². The molecule has 4 aliphatic heterocycles. The van der Waals surface area contributed by atoms with E-state index in [1.165, 1.54) is 33.9 Å². The van der Waals surface area contributed by atoms with Gasteiger partial charge in [-0.15, -0.1) is 0 Å². The van der Waals surface area contributed by atoms with Crippen LogP contribution in [0.25, 0.3) is 0 Å². The first kappa shape index (κ1) is 73.1. The Hall–Kier alpha value is -8.16. The van der Waals surface area contributed by atoms with E-state index < -0.39 is 224 Å². The fourth-order valence-electron chi connectivity index (χ4n) is 8.98. The minimum absolute atomic E-state index is 0.0317. The first-order chi connectivity index (χ1) is 48.4. The van der Waals surface area contributed by atoms with E-state index in [0.717, 1.165) is 27.7 Å². The Morgan fingerprint density at radius 1 is 0.450 bits per heavy atom. The van der Waals surface area contributed by atoms with E-state index in [0.29, 0.717) is 9.13 Å². The topological polar surface area (TPSA) is 547 Å². The maximum atomic E-state index is 15.3. The van der Waals surface area contributed by atoms with Crippen molar-refractivity contribution in [2.45, 2.75) is 206 Å². The molecule has 100 heavy (non-hydrogen) atoms. The highest BCUT2D eigenvalue weighted by molar-refractivity contribution is 5.77. The Labute approximate surface area is 573 Å². The minimum atomic E-state index is -3.47. The molecule has 16 N–H and O–H groups in total. The van der Waals surface area contributed by atoms with Crippen LogP contribution in [0.3, 0.4) is 0 Å². The van der Waals surface area contributed by atoms with Crippen molar-refractivity contribution in [3.8, 4) is 0 Å². The number of carbonyl (C=O) groups excluding carboxylic acids is 4. The van der Waals surface area contributed by atoms with Crippen LogP contribution in [-0.2, 0) is 57.1 Å². The van der Waals surface area contributed by atoms with E-state index in [2.05, 4.69) is 9.47 Å². The summed E-state index contributed by atoms with van der Waals surface area (Å²) >= 11 is 0. The zero-order valence-electron chi connectivity index (χ0n) is 62.2. The summed E-state index contributed by atoms with van der Waals surface area (Å²) in [4.78, 5) is 149. The van der Waals surface area contributed by atoms with Crippen LogP contribution in [0.1, 0.15) is 136 Å². The average molecular weight is 1440 g/mol. The van der Waals surface area contributed by atoms with Gasteiger partial charge in [0.2, 0.25) is 23.4 Å².